The number of likely N-dealkylation sites (tertiary alicyclic amines) is 1. The number of carbonyl (C=O) groups excluding carboxylic acids is 4. The van der Waals surface area contributed by atoms with Crippen molar-refractivity contribution in [3.8, 4) is 0 Å². The van der Waals surface area contributed by atoms with E-state index < -0.39 is 24.5 Å². The Hall–Kier alpha value is -3.42. The molecule has 2 aromatic rings. The molecule has 1 saturated heterocycles. The molecule has 1 fully saturated rings. The minimum Gasteiger partial charge on any atom is -0.459 e. The number of carbonyl (C=O) groups is 4. The van der Waals surface area contributed by atoms with E-state index in [1.807, 2.05) is 0 Å². The van der Waals surface area contributed by atoms with Crippen molar-refractivity contribution in [1.82, 2.24) is 9.80 Å². The topological polar surface area (TPSA) is 97.1 Å². The highest BCUT2D eigenvalue weighted by atomic mass is 16.5. The van der Waals surface area contributed by atoms with Crippen LogP contribution in [0.2, 0.25) is 0 Å². The summed E-state index contributed by atoms with van der Waals surface area (Å²) in [6, 6.07) is 9.75. The Balaban J connectivity index is 1.29. The van der Waals surface area contributed by atoms with Gasteiger partial charge in [0.1, 0.15) is 0 Å². The van der Waals surface area contributed by atoms with Crippen LogP contribution in [0.1, 0.15) is 44.1 Å². The van der Waals surface area contributed by atoms with Crippen LogP contribution in [-0.4, -0.2) is 53.3 Å². The monoisotopic (exact) mass is 382 g/mol. The summed E-state index contributed by atoms with van der Waals surface area (Å²) < 4.78 is 10.3. The third-order valence-electron chi connectivity index (χ3n) is 5.06. The molecule has 28 heavy (non-hydrogen) atoms. The largest absolute Gasteiger partial charge is 0.459 e. The molecule has 0 radical (unpaired) electrons. The second kappa shape index (κ2) is 7.30. The van der Waals surface area contributed by atoms with Crippen LogP contribution >= 0.6 is 0 Å². The molecule has 3 amide bonds. The minimum atomic E-state index is -0.471. The van der Waals surface area contributed by atoms with E-state index in [9.17, 15) is 19.2 Å². The molecule has 1 aromatic heterocycles. The van der Waals surface area contributed by atoms with E-state index in [1.165, 1.54) is 6.26 Å². The summed E-state index contributed by atoms with van der Waals surface area (Å²) in [4.78, 5) is 51.7. The zero-order chi connectivity index (χ0) is 19.7. The first-order chi connectivity index (χ1) is 13.6. The Kier molecular flexibility index (Phi) is 4.68. The van der Waals surface area contributed by atoms with Gasteiger partial charge >= 0.3 is 5.97 Å². The first-order valence-corrected chi connectivity index (χ1v) is 9.01. The predicted molar refractivity (Wildman–Crippen MR) is 95.2 cm³/mol. The average Bonchev–Trinajstić information content (AvgIpc) is 3.35. The van der Waals surface area contributed by atoms with Crippen molar-refractivity contribution in [1.29, 1.82) is 0 Å². The molecular formula is C20H18N2O6. The smallest absolute Gasteiger partial charge is 0.310 e. The third kappa shape index (κ3) is 3.17. The molecule has 0 N–H and O–H groups in total. The van der Waals surface area contributed by atoms with Gasteiger partial charge in [-0.2, -0.15) is 0 Å². The highest BCUT2D eigenvalue weighted by Crippen LogP contribution is 2.24. The first-order valence-electron chi connectivity index (χ1n) is 9.01. The lowest BCUT2D eigenvalue weighted by Crippen LogP contribution is -2.41. The van der Waals surface area contributed by atoms with Gasteiger partial charge in [-0.05, 0) is 37.1 Å². The zero-order valence-electron chi connectivity index (χ0n) is 15.0. The molecular weight excluding hydrogens is 364 g/mol. The number of furan rings is 1. The number of benzene rings is 1. The van der Waals surface area contributed by atoms with Crippen molar-refractivity contribution in [2.24, 2.45) is 5.92 Å². The van der Waals surface area contributed by atoms with Gasteiger partial charge in [0, 0.05) is 13.1 Å². The number of ether oxygens (including phenoxy) is 1. The number of rotatable bonds is 4. The lowest BCUT2D eigenvalue weighted by Gasteiger charge is -2.30. The predicted octanol–water partition coefficient (Wildman–Crippen LogP) is 1.93. The van der Waals surface area contributed by atoms with E-state index in [0.29, 0.717) is 37.1 Å². The maximum atomic E-state index is 12.4. The number of hydrogen-bond acceptors (Lipinski definition) is 6. The molecule has 3 heterocycles. The van der Waals surface area contributed by atoms with E-state index >= 15 is 0 Å². The van der Waals surface area contributed by atoms with Gasteiger partial charge in [0.05, 0.1) is 23.3 Å². The summed E-state index contributed by atoms with van der Waals surface area (Å²) in [5.74, 6) is -1.72. The molecule has 0 atom stereocenters. The van der Waals surface area contributed by atoms with Crippen LogP contribution in [0.3, 0.4) is 0 Å². The van der Waals surface area contributed by atoms with Gasteiger partial charge in [0.15, 0.2) is 12.5 Å². The highest BCUT2D eigenvalue weighted by Gasteiger charge is 2.37. The van der Waals surface area contributed by atoms with E-state index in [-0.39, 0.29) is 17.6 Å². The summed E-state index contributed by atoms with van der Waals surface area (Å²) >= 11 is 0. The second-order valence-electron chi connectivity index (χ2n) is 6.72. The lowest BCUT2D eigenvalue weighted by atomic mass is 9.97. The molecule has 0 spiro atoms. The van der Waals surface area contributed by atoms with Crippen molar-refractivity contribution in [2.45, 2.75) is 12.8 Å². The number of hydrogen-bond donors (Lipinski definition) is 0. The van der Waals surface area contributed by atoms with Gasteiger partial charge < -0.3 is 14.1 Å². The number of imide groups is 1. The fourth-order valence-corrected chi connectivity index (χ4v) is 3.48. The summed E-state index contributed by atoms with van der Waals surface area (Å²) in [6.07, 6.45) is 2.34. The first kappa shape index (κ1) is 18.0. The van der Waals surface area contributed by atoms with Gasteiger partial charge in [0.2, 0.25) is 0 Å². The van der Waals surface area contributed by atoms with Crippen LogP contribution in [0.15, 0.2) is 47.1 Å². The Morgan fingerprint density at radius 2 is 1.64 bits per heavy atom. The Labute approximate surface area is 160 Å². The molecule has 0 saturated carbocycles. The summed E-state index contributed by atoms with van der Waals surface area (Å²) in [5, 5.41) is 0. The Morgan fingerprint density at radius 3 is 2.21 bits per heavy atom. The maximum Gasteiger partial charge on any atom is 0.310 e. The van der Waals surface area contributed by atoms with Crippen molar-refractivity contribution in [3.05, 3.63) is 59.5 Å². The van der Waals surface area contributed by atoms with Gasteiger partial charge in [-0.15, -0.1) is 0 Å². The van der Waals surface area contributed by atoms with E-state index in [4.69, 9.17) is 9.15 Å². The van der Waals surface area contributed by atoms with Gasteiger partial charge in [-0.25, -0.2) is 4.90 Å². The average molecular weight is 382 g/mol. The third-order valence-corrected chi connectivity index (χ3v) is 5.06. The number of piperidine rings is 1. The standard InChI is InChI=1S/C20H18N2O6/c23-17-14-4-1-2-5-15(14)18(24)22(17)12-28-20(26)13-7-9-21(10-8-13)19(25)16-6-3-11-27-16/h1-6,11,13H,7-10,12H2. The van der Waals surface area contributed by atoms with Crippen molar-refractivity contribution in [3.63, 3.8) is 0 Å². The number of amides is 3. The minimum absolute atomic E-state index is 0.206. The molecule has 2 aliphatic rings. The normalized spacial score (nSPS) is 17.0. The van der Waals surface area contributed by atoms with Crippen LogP contribution in [0.5, 0.6) is 0 Å². The molecule has 2 aliphatic heterocycles. The molecule has 0 unspecified atom stereocenters. The highest BCUT2D eigenvalue weighted by molar-refractivity contribution is 6.21. The molecule has 8 heteroatoms. The van der Waals surface area contributed by atoms with Crippen LogP contribution in [0.4, 0.5) is 0 Å². The summed E-state index contributed by atoms with van der Waals surface area (Å²) in [7, 11) is 0. The van der Waals surface area contributed by atoms with Crippen LogP contribution in [0, 0.1) is 5.92 Å². The van der Waals surface area contributed by atoms with E-state index in [0.717, 1.165) is 4.90 Å². The van der Waals surface area contributed by atoms with Crippen molar-refractivity contribution in [2.75, 3.05) is 19.8 Å². The van der Waals surface area contributed by atoms with Gasteiger partial charge in [0.25, 0.3) is 17.7 Å². The van der Waals surface area contributed by atoms with Gasteiger partial charge in [-0.3, -0.25) is 19.2 Å². The van der Waals surface area contributed by atoms with Gasteiger partial charge in [-0.1, -0.05) is 12.1 Å². The Morgan fingerprint density at radius 1 is 1.00 bits per heavy atom. The molecule has 8 nitrogen and oxygen atoms in total. The number of esters is 1. The quantitative estimate of drug-likeness (QED) is 0.592. The maximum absolute atomic E-state index is 12.4. The SMILES string of the molecule is O=C(OCN1C(=O)c2ccccc2C1=O)C1CCN(C(=O)c2ccco2)CC1. The Bertz CT molecular complexity index is 893. The number of nitrogens with zero attached hydrogens (tertiary/aromatic N) is 2. The molecule has 1 aromatic carbocycles. The molecule has 4 rings (SSSR count). The van der Waals surface area contributed by atoms with E-state index in [1.54, 1.807) is 41.3 Å². The fourth-order valence-electron chi connectivity index (χ4n) is 3.48. The molecule has 0 aliphatic carbocycles. The summed E-state index contributed by atoms with van der Waals surface area (Å²) in [6.45, 7) is 0.412. The summed E-state index contributed by atoms with van der Waals surface area (Å²) in [5.41, 5.74) is 0.626. The van der Waals surface area contributed by atoms with Crippen molar-refractivity contribution < 1.29 is 28.3 Å². The van der Waals surface area contributed by atoms with E-state index in [2.05, 4.69) is 0 Å². The molecule has 144 valence electrons. The molecule has 0 bridgehead atoms. The fraction of sp³-hybridized carbons (Fsp3) is 0.300. The lowest BCUT2D eigenvalue weighted by molar-refractivity contribution is -0.152. The van der Waals surface area contributed by atoms with Crippen LogP contribution in [0.25, 0.3) is 0 Å². The second-order valence-corrected chi connectivity index (χ2v) is 6.72. The van der Waals surface area contributed by atoms with Crippen LogP contribution in [-0.2, 0) is 9.53 Å². The van der Waals surface area contributed by atoms with Crippen molar-refractivity contribution >= 4 is 23.7 Å². The van der Waals surface area contributed by atoms with Crippen LogP contribution < -0.4 is 0 Å². The zero-order valence-corrected chi connectivity index (χ0v) is 15.0. The number of fused-ring (bicyclic) bond motifs is 1.